The van der Waals surface area contributed by atoms with Gasteiger partial charge in [0.25, 0.3) is 0 Å². The van der Waals surface area contributed by atoms with Gasteiger partial charge in [-0.15, -0.1) is 0 Å². The van der Waals surface area contributed by atoms with Gasteiger partial charge in [0, 0.05) is 19.5 Å². The van der Waals surface area contributed by atoms with Gasteiger partial charge in [0.2, 0.25) is 13.1 Å². The molecule has 2 rings (SSSR count). The molecule has 0 radical (unpaired) electrons. The van der Waals surface area contributed by atoms with E-state index in [0.717, 1.165) is 4.90 Å². The number of nitrogens with two attached hydrogens (primary N) is 1. The predicted molar refractivity (Wildman–Crippen MR) is 91.2 cm³/mol. The number of Topliss-reactive ketones (excluding diaryl/α,β-unsaturated/α-hetero) is 1. The zero-order chi connectivity index (χ0) is 20.1. The summed E-state index contributed by atoms with van der Waals surface area (Å²) in [6.45, 7) is 2.34. The van der Waals surface area contributed by atoms with Crippen LogP contribution >= 0.6 is 0 Å². The van der Waals surface area contributed by atoms with Crippen LogP contribution in [0.5, 0.6) is 11.5 Å². The molecule has 1 amide bonds. The summed E-state index contributed by atoms with van der Waals surface area (Å²) in [6, 6.07) is 2.66. The lowest BCUT2D eigenvalue weighted by Crippen LogP contribution is -2.43. The molecular formula is C17H22N2O8. The maximum absolute atomic E-state index is 12.6. The molecule has 10 nitrogen and oxygen atoms in total. The zero-order valence-corrected chi connectivity index (χ0v) is 15.2. The van der Waals surface area contributed by atoms with Crippen molar-refractivity contribution in [3.8, 4) is 11.5 Å². The fourth-order valence-corrected chi connectivity index (χ4v) is 2.20. The highest BCUT2D eigenvalue weighted by Crippen LogP contribution is 2.33. The summed E-state index contributed by atoms with van der Waals surface area (Å²) < 4.78 is 20.2. The Kier molecular flexibility index (Phi) is 6.59. The summed E-state index contributed by atoms with van der Waals surface area (Å²) in [5, 5.41) is 8.79. The molecule has 3 unspecified atom stereocenters. The van der Waals surface area contributed by atoms with Crippen molar-refractivity contribution in [3.05, 3.63) is 23.8 Å². The Morgan fingerprint density at radius 2 is 1.89 bits per heavy atom. The van der Waals surface area contributed by atoms with Crippen molar-refractivity contribution in [2.75, 3.05) is 20.4 Å². The minimum Gasteiger partial charge on any atom is -0.454 e. The molecule has 27 heavy (non-hydrogen) atoms. The predicted octanol–water partition coefficient (Wildman–Crippen LogP) is 0.264. The molecule has 0 saturated carbocycles. The van der Waals surface area contributed by atoms with Crippen molar-refractivity contribution in [3.63, 3.8) is 0 Å². The van der Waals surface area contributed by atoms with Crippen LogP contribution in [0.15, 0.2) is 18.2 Å². The Labute approximate surface area is 155 Å². The van der Waals surface area contributed by atoms with E-state index < -0.39 is 37.0 Å². The summed E-state index contributed by atoms with van der Waals surface area (Å²) >= 11 is 0. The number of hydrogen-bond acceptors (Lipinski definition) is 9. The molecule has 0 bridgehead atoms. The standard InChI is InChI=1S/C17H22N2O8/c1-9(15(21)11-4-5-13-14(6-11)25-8-24-13)19(3)17(23)27-10(2)26-16(22)12(18)7-20/h4-6,9-10,12,20H,7-8,18H2,1-3H3. The highest BCUT2D eigenvalue weighted by molar-refractivity contribution is 6.01. The van der Waals surface area contributed by atoms with Gasteiger partial charge in [-0.2, -0.15) is 0 Å². The summed E-state index contributed by atoms with van der Waals surface area (Å²) in [5.74, 6) is -0.243. The van der Waals surface area contributed by atoms with Crippen LogP contribution in [0.3, 0.4) is 0 Å². The van der Waals surface area contributed by atoms with Gasteiger partial charge in [-0.05, 0) is 25.1 Å². The maximum atomic E-state index is 12.6. The Morgan fingerprint density at radius 3 is 2.56 bits per heavy atom. The van der Waals surface area contributed by atoms with Crippen LogP contribution < -0.4 is 15.2 Å². The number of ether oxygens (including phenoxy) is 4. The average Bonchev–Trinajstić information content (AvgIpc) is 3.12. The van der Waals surface area contributed by atoms with Gasteiger partial charge in [0.1, 0.15) is 6.04 Å². The minimum atomic E-state index is -1.24. The lowest BCUT2D eigenvalue weighted by Gasteiger charge is -2.25. The summed E-state index contributed by atoms with van der Waals surface area (Å²) in [4.78, 5) is 37.3. The van der Waals surface area contributed by atoms with E-state index in [9.17, 15) is 14.4 Å². The third-order valence-corrected chi connectivity index (χ3v) is 3.95. The quantitative estimate of drug-likeness (QED) is 0.386. The van der Waals surface area contributed by atoms with Gasteiger partial charge < -0.3 is 34.7 Å². The smallest absolute Gasteiger partial charge is 0.413 e. The number of carbonyl (C=O) groups is 3. The molecule has 0 spiro atoms. The molecule has 0 aliphatic carbocycles. The number of esters is 1. The molecule has 1 aliphatic rings. The van der Waals surface area contributed by atoms with E-state index in [0.29, 0.717) is 17.1 Å². The first-order valence-electron chi connectivity index (χ1n) is 8.18. The van der Waals surface area contributed by atoms with Crippen molar-refractivity contribution >= 4 is 17.8 Å². The fourth-order valence-electron chi connectivity index (χ4n) is 2.20. The van der Waals surface area contributed by atoms with Crippen molar-refractivity contribution in [1.29, 1.82) is 0 Å². The van der Waals surface area contributed by atoms with E-state index in [4.69, 9.17) is 29.8 Å². The average molecular weight is 382 g/mol. The molecule has 3 N–H and O–H groups in total. The van der Waals surface area contributed by atoms with Crippen LogP contribution in [0, 0.1) is 0 Å². The topological polar surface area (TPSA) is 138 Å². The number of carbonyl (C=O) groups excluding carboxylic acids is 3. The van der Waals surface area contributed by atoms with Crippen LogP contribution in [0.1, 0.15) is 24.2 Å². The van der Waals surface area contributed by atoms with Gasteiger partial charge in [-0.1, -0.05) is 0 Å². The van der Waals surface area contributed by atoms with E-state index in [1.54, 1.807) is 18.2 Å². The Morgan fingerprint density at radius 1 is 1.22 bits per heavy atom. The zero-order valence-electron chi connectivity index (χ0n) is 15.2. The monoisotopic (exact) mass is 382 g/mol. The number of nitrogens with zero attached hydrogens (tertiary/aromatic N) is 1. The lowest BCUT2D eigenvalue weighted by atomic mass is 10.0. The molecular weight excluding hydrogens is 360 g/mol. The second kappa shape index (κ2) is 8.69. The number of aliphatic hydroxyl groups is 1. The lowest BCUT2D eigenvalue weighted by molar-refractivity contribution is -0.168. The Hall–Kier alpha value is -2.85. The number of fused-ring (bicyclic) bond motifs is 1. The first-order valence-corrected chi connectivity index (χ1v) is 8.18. The molecule has 1 aliphatic heterocycles. The largest absolute Gasteiger partial charge is 0.454 e. The summed E-state index contributed by atoms with van der Waals surface area (Å²) in [7, 11) is 1.38. The van der Waals surface area contributed by atoms with E-state index in [1.807, 2.05) is 0 Å². The molecule has 10 heteroatoms. The number of amides is 1. The van der Waals surface area contributed by atoms with Gasteiger partial charge in [-0.3, -0.25) is 9.59 Å². The van der Waals surface area contributed by atoms with Gasteiger partial charge >= 0.3 is 12.1 Å². The summed E-state index contributed by atoms with van der Waals surface area (Å²) in [6.07, 6.45) is -2.10. The van der Waals surface area contributed by atoms with Gasteiger partial charge in [-0.25, -0.2) is 4.79 Å². The van der Waals surface area contributed by atoms with Crippen LogP contribution in [0.2, 0.25) is 0 Å². The van der Waals surface area contributed by atoms with Crippen molar-refractivity contribution in [1.82, 2.24) is 4.90 Å². The van der Waals surface area contributed by atoms with E-state index in [-0.39, 0.29) is 12.6 Å². The minimum absolute atomic E-state index is 0.0886. The molecule has 0 aromatic heterocycles. The molecule has 148 valence electrons. The molecule has 3 atom stereocenters. The number of rotatable bonds is 7. The highest BCUT2D eigenvalue weighted by atomic mass is 16.7. The molecule has 1 heterocycles. The van der Waals surface area contributed by atoms with Gasteiger partial charge in [0.15, 0.2) is 17.3 Å². The van der Waals surface area contributed by atoms with E-state index >= 15 is 0 Å². The van der Waals surface area contributed by atoms with Crippen molar-refractivity contribution in [2.24, 2.45) is 5.73 Å². The van der Waals surface area contributed by atoms with Crippen LogP contribution in [0.4, 0.5) is 4.79 Å². The molecule has 0 saturated heterocycles. The third-order valence-electron chi connectivity index (χ3n) is 3.95. The van der Waals surface area contributed by atoms with E-state index in [2.05, 4.69) is 0 Å². The number of aliphatic hydroxyl groups excluding tert-OH is 1. The first kappa shape index (κ1) is 20.5. The highest BCUT2D eigenvalue weighted by Gasteiger charge is 2.28. The second-order valence-corrected chi connectivity index (χ2v) is 5.90. The Balaban J connectivity index is 1.95. The van der Waals surface area contributed by atoms with Crippen molar-refractivity contribution in [2.45, 2.75) is 32.2 Å². The number of likely N-dealkylation sites (N-methyl/N-ethyl adjacent to an activating group) is 1. The van der Waals surface area contributed by atoms with E-state index in [1.165, 1.54) is 20.9 Å². The van der Waals surface area contributed by atoms with Crippen LogP contribution in [0.25, 0.3) is 0 Å². The van der Waals surface area contributed by atoms with Gasteiger partial charge in [0.05, 0.1) is 12.6 Å². The number of hydrogen-bond donors (Lipinski definition) is 2. The SMILES string of the molecule is CC(OC(=O)C(N)CO)OC(=O)N(C)C(C)C(=O)c1ccc2c(c1)OCO2. The van der Waals surface area contributed by atoms with Crippen LogP contribution in [-0.4, -0.2) is 66.7 Å². The Bertz CT molecular complexity index is 723. The van der Waals surface area contributed by atoms with Crippen LogP contribution in [-0.2, 0) is 14.3 Å². The normalized spacial score (nSPS) is 15.4. The number of ketones is 1. The maximum Gasteiger partial charge on any atom is 0.413 e. The molecule has 0 fully saturated rings. The first-order chi connectivity index (χ1) is 12.7. The third kappa shape index (κ3) is 4.86. The molecule has 1 aromatic carbocycles. The second-order valence-electron chi connectivity index (χ2n) is 5.90. The molecule has 1 aromatic rings. The van der Waals surface area contributed by atoms with Crippen molar-refractivity contribution < 1.29 is 38.4 Å². The fraction of sp³-hybridized carbons (Fsp3) is 0.471. The summed E-state index contributed by atoms with van der Waals surface area (Å²) in [5.41, 5.74) is 5.65. The number of benzene rings is 1.